The Morgan fingerprint density at radius 3 is 1.84 bits per heavy atom. The number of imidazole rings is 2. The van der Waals surface area contributed by atoms with Crippen molar-refractivity contribution >= 4 is 57.4 Å². The first-order valence-corrected chi connectivity index (χ1v) is 15.6. The lowest BCUT2D eigenvalue weighted by Gasteiger charge is -2.13. The van der Waals surface area contributed by atoms with Gasteiger partial charge in [0.25, 0.3) is 17.4 Å². The Labute approximate surface area is 320 Å². The zero-order valence-corrected chi connectivity index (χ0v) is 29.8. The van der Waals surface area contributed by atoms with Gasteiger partial charge in [-0.3, -0.25) is 19.4 Å². The van der Waals surface area contributed by atoms with Gasteiger partial charge in [-0.15, -0.1) is 0 Å². The number of fused-ring (bicyclic) bond motifs is 2. The summed E-state index contributed by atoms with van der Waals surface area (Å²) in [5.41, 5.74) is 25.7. The van der Waals surface area contributed by atoms with E-state index in [1.165, 1.54) is 12.4 Å². The van der Waals surface area contributed by atoms with Gasteiger partial charge in [-0.1, -0.05) is 33.7 Å². The molecule has 294 valence electrons. The number of carbonyl (C=O) groups excluding carboxylic acids is 2. The van der Waals surface area contributed by atoms with Gasteiger partial charge in [-0.25, -0.2) is 24.9 Å². The van der Waals surface area contributed by atoms with Crippen molar-refractivity contribution in [3.05, 3.63) is 133 Å². The molecule has 4 aromatic rings. The number of H-pyrrole nitrogens is 3. The summed E-state index contributed by atoms with van der Waals surface area (Å²) in [4.78, 5) is 63.1. The Morgan fingerprint density at radius 2 is 1.30 bits per heavy atom. The number of aromatic amines is 3. The Balaban J connectivity index is 0.000000232. The van der Waals surface area contributed by atoms with Gasteiger partial charge in [0, 0.05) is 48.2 Å². The second-order valence-corrected chi connectivity index (χ2v) is 10.8. The minimum atomic E-state index is -0.301. The first-order chi connectivity index (χ1) is 26.1. The number of rotatable bonds is 0. The van der Waals surface area contributed by atoms with Crippen molar-refractivity contribution < 1.29 is 9.59 Å². The summed E-state index contributed by atoms with van der Waals surface area (Å²) in [6.45, 7) is 17.7. The molecule has 22 heteroatoms. The van der Waals surface area contributed by atoms with Crippen LogP contribution in [0.25, 0.3) is 22.3 Å². The second kappa shape index (κ2) is 21.2. The van der Waals surface area contributed by atoms with Crippen LogP contribution >= 0.6 is 0 Å². The number of carbonyl (C=O) groups is 2. The fourth-order valence-corrected chi connectivity index (χ4v) is 3.69. The highest BCUT2D eigenvalue weighted by atomic mass is 16.2. The van der Waals surface area contributed by atoms with E-state index in [0.29, 0.717) is 63.0 Å². The third kappa shape index (κ3) is 14.3. The zero-order chi connectivity index (χ0) is 40.5. The van der Waals surface area contributed by atoms with Gasteiger partial charge in [-0.2, -0.15) is 4.98 Å². The molecule has 0 unspecified atom stereocenters. The fraction of sp³-hybridized carbons (Fsp3) is 0.0882. The van der Waals surface area contributed by atoms with Crippen molar-refractivity contribution in [2.45, 2.75) is 21.3 Å². The molecular formula is C34H45N19O3. The molecule has 4 aliphatic rings. The van der Waals surface area contributed by atoms with Gasteiger partial charge in [0.1, 0.15) is 40.5 Å². The number of pyridine rings is 1. The third-order valence-electron chi connectivity index (χ3n) is 6.41. The Bertz CT molecular complexity index is 2330. The van der Waals surface area contributed by atoms with Gasteiger partial charge in [0.15, 0.2) is 16.8 Å². The quantitative estimate of drug-likeness (QED) is 0.115. The molecule has 22 nitrogen and oxygen atoms in total. The standard InChI is InChI=1S/C6H6N4.C6H9N3.C6H8N2O.C5H5N5O.C5H7N3.C5H6N2O.CH4/c7-4-1-2-8-6-5(4)9-3-10-6;1-4-3-8-5(2)9-6(4)7;1-4-3-7-5(2)8-6(4)9;6-5-9-3-2(4(11)10-5)7-1-8-3;1-4-7-3-2-5(6)8-4;1-4-6-3-2-5(8)7-4;/h1-3H,(H3,7,8,9,10);3,8H,2H2,1H3,(H2,7,9);3,7H,2H2,1H3,(H,8,9);1H,(H4,6,7,8,9,10,11);2-3,7H,1H2,(H2,6,8);2-3,6H,1H2,(H,7,8);1H4. The van der Waals surface area contributed by atoms with Crippen LogP contribution in [0.1, 0.15) is 21.3 Å². The van der Waals surface area contributed by atoms with Crippen LogP contribution < -0.4 is 60.4 Å². The molecular weight excluding hydrogens is 723 g/mol. The number of amidine groups is 2. The first kappa shape index (κ1) is 43.7. The van der Waals surface area contributed by atoms with Crippen LogP contribution in [0, 0.1) is 0 Å². The maximum atomic E-state index is 11.0. The Kier molecular flexibility index (Phi) is 16.5. The van der Waals surface area contributed by atoms with Crippen LogP contribution in [0.15, 0.2) is 137 Å². The van der Waals surface area contributed by atoms with E-state index in [1.807, 2.05) is 6.92 Å². The normalized spacial score (nSPS) is 14.8. The van der Waals surface area contributed by atoms with Crippen LogP contribution in [0.5, 0.6) is 0 Å². The van der Waals surface area contributed by atoms with E-state index in [2.05, 4.69) is 103 Å². The van der Waals surface area contributed by atoms with Crippen molar-refractivity contribution in [1.29, 1.82) is 0 Å². The maximum absolute atomic E-state index is 11.0. The smallest absolute Gasteiger partial charge is 0.278 e. The minimum absolute atomic E-state index is 0. The number of nitrogens with two attached hydrogens (primary N) is 4. The molecule has 0 radical (unpaired) electrons. The lowest BCUT2D eigenvalue weighted by atomic mass is 10.3. The van der Waals surface area contributed by atoms with E-state index in [1.54, 1.807) is 56.4 Å². The monoisotopic (exact) mass is 767 g/mol. The topological polar surface area (TPSA) is 351 Å². The fourth-order valence-electron chi connectivity index (χ4n) is 3.69. The van der Waals surface area contributed by atoms with Gasteiger partial charge < -0.3 is 64.8 Å². The van der Waals surface area contributed by atoms with E-state index in [-0.39, 0.29) is 30.7 Å². The van der Waals surface area contributed by atoms with E-state index in [9.17, 15) is 14.4 Å². The molecule has 0 atom stereocenters. The highest BCUT2D eigenvalue weighted by molar-refractivity contribution is 5.97. The zero-order valence-electron chi connectivity index (χ0n) is 29.8. The molecule has 0 fully saturated rings. The average Bonchev–Trinajstić information content (AvgIpc) is 3.81. The maximum Gasteiger partial charge on any atom is 0.278 e. The summed E-state index contributed by atoms with van der Waals surface area (Å²) in [7, 11) is 0. The van der Waals surface area contributed by atoms with Crippen LogP contribution in [-0.2, 0) is 9.59 Å². The minimum Gasteiger partial charge on any atom is -0.397 e. The van der Waals surface area contributed by atoms with E-state index in [0.717, 1.165) is 11.1 Å². The second-order valence-electron chi connectivity index (χ2n) is 10.8. The number of hydrogen-bond donors (Lipinski definition) is 13. The molecule has 17 N–H and O–H groups in total. The number of nitrogen functional groups attached to an aromatic ring is 2. The summed E-state index contributed by atoms with van der Waals surface area (Å²) in [5.74, 6) is 3.14. The number of nitrogens with one attached hydrogen (secondary N) is 9. The number of aliphatic imine (C=N–C) groups is 2. The van der Waals surface area contributed by atoms with Crippen molar-refractivity contribution in [3.8, 4) is 0 Å². The lowest BCUT2D eigenvalue weighted by molar-refractivity contribution is -0.117. The van der Waals surface area contributed by atoms with Crippen LogP contribution in [0.2, 0.25) is 0 Å². The molecule has 0 saturated heterocycles. The Morgan fingerprint density at radius 1 is 0.679 bits per heavy atom. The highest BCUT2D eigenvalue weighted by Gasteiger charge is 2.08. The van der Waals surface area contributed by atoms with Crippen molar-refractivity contribution in [3.63, 3.8) is 0 Å². The summed E-state index contributed by atoms with van der Waals surface area (Å²) in [6, 6.07) is 1.74. The molecule has 8 heterocycles. The van der Waals surface area contributed by atoms with Crippen molar-refractivity contribution in [1.82, 2.24) is 66.8 Å². The van der Waals surface area contributed by atoms with Crippen LogP contribution in [0.4, 0.5) is 11.6 Å². The SMILES string of the molecule is C.C=C1N=C(N)C(C)=CN1.C=C1N=C(N)C=CN1.C=C1NC=C(C)C(=O)N1.C=C1NC=CC(=O)N1.Nc1ccnc2nc[nH]c12.Nc1nc2nc[nH]c2c(=O)[nH]1. The molecule has 4 aromatic heterocycles. The van der Waals surface area contributed by atoms with Gasteiger partial charge >= 0.3 is 0 Å². The predicted octanol–water partition coefficient (Wildman–Crippen LogP) is 0.430. The van der Waals surface area contributed by atoms with Crippen LogP contribution in [0.3, 0.4) is 0 Å². The van der Waals surface area contributed by atoms with E-state index < -0.39 is 0 Å². The number of anilines is 2. The molecule has 8 rings (SSSR count). The number of nitrogens with zero attached hydrogens (tertiary/aromatic N) is 6. The third-order valence-corrected chi connectivity index (χ3v) is 6.41. The van der Waals surface area contributed by atoms with Gasteiger partial charge in [0.2, 0.25) is 5.95 Å². The molecule has 0 spiro atoms. The Hall–Kier alpha value is -8.43. The number of amides is 2. The van der Waals surface area contributed by atoms with Gasteiger partial charge in [0.05, 0.1) is 18.3 Å². The average molecular weight is 768 g/mol. The largest absolute Gasteiger partial charge is 0.397 e. The lowest BCUT2D eigenvalue weighted by Crippen LogP contribution is -2.33. The van der Waals surface area contributed by atoms with Crippen LogP contribution in [-0.4, -0.2) is 58.4 Å². The van der Waals surface area contributed by atoms with E-state index >= 15 is 0 Å². The molecule has 0 bridgehead atoms. The number of hydrogen-bond acceptors (Lipinski definition) is 17. The molecule has 0 aromatic carbocycles. The summed E-state index contributed by atoms with van der Waals surface area (Å²) >= 11 is 0. The molecule has 2 amide bonds. The van der Waals surface area contributed by atoms with Gasteiger partial charge in [-0.05, 0) is 26.0 Å². The summed E-state index contributed by atoms with van der Waals surface area (Å²) in [6.07, 6.45) is 14.3. The summed E-state index contributed by atoms with van der Waals surface area (Å²) in [5, 5.41) is 16.1. The predicted molar refractivity (Wildman–Crippen MR) is 218 cm³/mol. The number of aromatic nitrogens is 7. The van der Waals surface area contributed by atoms with Crippen molar-refractivity contribution in [2.24, 2.45) is 21.5 Å². The summed E-state index contributed by atoms with van der Waals surface area (Å²) < 4.78 is 0. The first-order valence-electron chi connectivity index (χ1n) is 15.6. The molecule has 0 aliphatic carbocycles. The highest BCUT2D eigenvalue weighted by Crippen LogP contribution is 2.12. The van der Waals surface area contributed by atoms with E-state index in [4.69, 9.17) is 22.9 Å². The van der Waals surface area contributed by atoms with Crippen molar-refractivity contribution in [2.75, 3.05) is 11.5 Å². The molecule has 0 saturated carbocycles. The molecule has 4 aliphatic heterocycles. The molecule has 56 heavy (non-hydrogen) atoms.